The van der Waals surface area contributed by atoms with Gasteiger partial charge in [0.15, 0.2) is 0 Å². The van der Waals surface area contributed by atoms with E-state index in [1.807, 2.05) is 12.1 Å². The van der Waals surface area contributed by atoms with E-state index in [1.165, 1.54) is 12.8 Å². The molecule has 2 fully saturated rings. The zero-order chi connectivity index (χ0) is 19.9. The van der Waals surface area contributed by atoms with Crippen LogP contribution in [0.3, 0.4) is 0 Å². The van der Waals surface area contributed by atoms with E-state index in [0.717, 1.165) is 44.1 Å². The minimum atomic E-state index is -0.172. The fourth-order valence-electron chi connectivity index (χ4n) is 3.90. The normalized spacial score (nSPS) is 19.1. The van der Waals surface area contributed by atoms with Crippen LogP contribution in [-0.4, -0.2) is 51.4 Å². The van der Waals surface area contributed by atoms with Crippen molar-refractivity contribution < 1.29 is 18.8 Å². The number of pyridine rings is 1. The molecule has 2 aromatic rings. The summed E-state index contributed by atoms with van der Waals surface area (Å²) in [6, 6.07) is 3.67. The molecule has 1 amide bonds. The molecule has 0 aromatic carbocycles. The summed E-state index contributed by atoms with van der Waals surface area (Å²) in [6.45, 7) is 1.58. The van der Waals surface area contributed by atoms with E-state index in [-0.39, 0.29) is 24.9 Å². The molecule has 1 saturated heterocycles. The molecule has 156 valence electrons. The average molecular weight is 400 g/mol. The molecule has 0 bridgehead atoms. The molecule has 2 aliphatic rings. The summed E-state index contributed by atoms with van der Waals surface area (Å²) in [5.74, 6) is 0.981. The van der Waals surface area contributed by atoms with Crippen molar-refractivity contribution in [1.82, 2.24) is 20.0 Å². The van der Waals surface area contributed by atoms with Gasteiger partial charge in [-0.25, -0.2) is 4.79 Å². The number of rotatable bonds is 5. The number of hydrogen-bond donors (Lipinski definition) is 0. The summed E-state index contributed by atoms with van der Waals surface area (Å²) in [4.78, 5) is 22.6. The maximum Gasteiger partial charge on any atom is 0.410 e. The molecular formula is C21H28N4O4. The first kappa shape index (κ1) is 19.8. The number of ether oxygens (including phenoxy) is 2. The monoisotopic (exact) mass is 400 g/mol. The van der Waals surface area contributed by atoms with Crippen LogP contribution in [0.4, 0.5) is 4.79 Å². The van der Waals surface area contributed by atoms with Crippen molar-refractivity contribution in [3.05, 3.63) is 30.4 Å². The smallest absolute Gasteiger partial charge is 0.410 e. The van der Waals surface area contributed by atoms with Gasteiger partial charge in [0, 0.05) is 31.0 Å². The first-order valence-electron chi connectivity index (χ1n) is 10.6. The van der Waals surface area contributed by atoms with Gasteiger partial charge >= 0.3 is 6.09 Å². The molecule has 2 aromatic heterocycles. The summed E-state index contributed by atoms with van der Waals surface area (Å²) in [5.41, 5.74) is 0.857. The van der Waals surface area contributed by atoms with Gasteiger partial charge in [-0.15, -0.1) is 0 Å². The van der Waals surface area contributed by atoms with Gasteiger partial charge in [0.25, 0.3) is 5.89 Å². The second kappa shape index (κ2) is 9.82. The lowest BCUT2D eigenvalue weighted by molar-refractivity contribution is -0.0170. The second-order valence-electron chi connectivity index (χ2n) is 7.74. The minimum Gasteiger partial charge on any atom is -0.446 e. The summed E-state index contributed by atoms with van der Waals surface area (Å²) in [7, 11) is 0. The Morgan fingerprint density at radius 3 is 2.48 bits per heavy atom. The van der Waals surface area contributed by atoms with Gasteiger partial charge < -0.3 is 18.9 Å². The number of aromatic nitrogens is 3. The summed E-state index contributed by atoms with van der Waals surface area (Å²) >= 11 is 0. The van der Waals surface area contributed by atoms with Gasteiger partial charge in [-0.1, -0.05) is 18.0 Å². The summed E-state index contributed by atoms with van der Waals surface area (Å²) in [5, 5.41) is 3.98. The largest absolute Gasteiger partial charge is 0.446 e. The van der Waals surface area contributed by atoms with Crippen LogP contribution in [0.5, 0.6) is 0 Å². The van der Waals surface area contributed by atoms with Crippen LogP contribution in [0.2, 0.25) is 0 Å². The van der Waals surface area contributed by atoms with Crippen LogP contribution in [0, 0.1) is 0 Å². The maximum absolute atomic E-state index is 12.4. The topological polar surface area (TPSA) is 90.6 Å². The number of carbonyl (C=O) groups is 1. The van der Waals surface area contributed by atoms with Gasteiger partial charge in [0.05, 0.1) is 6.10 Å². The standard InChI is InChI=1S/C21H28N4O4/c26-21(28-18-5-3-1-2-4-6-18)25-13-9-17(10-14-25)27-15-19-23-20(24-29-19)16-7-11-22-12-8-16/h7-8,11-12,17-18H,1-6,9-10,13-15H2. The van der Waals surface area contributed by atoms with Gasteiger partial charge in [-0.05, 0) is 50.7 Å². The SMILES string of the molecule is O=C(OC1CCCCCC1)N1CCC(OCc2nc(-c3ccncc3)no2)CC1. The number of piperidine rings is 1. The fourth-order valence-corrected chi connectivity index (χ4v) is 3.90. The third-order valence-electron chi connectivity index (χ3n) is 5.62. The highest BCUT2D eigenvalue weighted by molar-refractivity contribution is 5.68. The summed E-state index contributed by atoms with van der Waals surface area (Å²) < 4.78 is 16.9. The predicted octanol–water partition coefficient (Wildman–Crippen LogP) is 3.97. The van der Waals surface area contributed by atoms with E-state index in [0.29, 0.717) is 24.8 Å². The Morgan fingerprint density at radius 1 is 1.03 bits per heavy atom. The molecule has 1 aliphatic carbocycles. The van der Waals surface area contributed by atoms with Crippen molar-refractivity contribution in [2.45, 2.75) is 70.2 Å². The third kappa shape index (κ3) is 5.53. The van der Waals surface area contributed by atoms with Crippen LogP contribution in [0.1, 0.15) is 57.3 Å². The summed E-state index contributed by atoms with van der Waals surface area (Å²) in [6.07, 6.45) is 11.8. The molecule has 0 atom stereocenters. The highest BCUT2D eigenvalue weighted by Crippen LogP contribution is 2.22. The van der Waals surface area contributed by atoms with Crippen molar-refractivity contribution in [3.63, 3.8) is 0 Å². The average Bonchev–Trinajstić information content (AvgIpc) is 3.10. The van der Waals surface area contributed by atoms with Crippen LogP contribution in [0.25, 0.3) is 11.4 Å². The van der Waals surface area contributed by atoms with E-state index in [2.05, 4.69) is 15.1 Å². The van der Waals surface area contributed by atoms with E-state index in [9.17, 15) is 4.79 Å². The Hall–Kier alpha value is -2.48. The minimum absolute atomic E-state index is 0.0770. The van der Waals surface area contributed by atoms with Crippen LogP contribution in [-0.2, 0) is 16.1 Å². The zero-order valence-electron chi connectivity index (χ0n) is 16.7. The lowest BCUT2D eigenvalue weighted by atomic mass is 10.1. The molecule has 0 spiro atoms. The zero-order valence-corrected chi connectivity index (χ0v) is 16.7. The van der Waals surface area contributed by atoms with Crippen molar-refractivity contribution in [2.75, 3.05) is 13.1 Å². The number of nitrogens with zero attached hydrogens (tertiary/aromatic N) is 4. The number of carbonyl (C=O) groups excluding carboxylic acids is 1. The van der Waals surface area contributed by atoms with Crippen molar-refractivity contribution in [2.24, 2.45) is 0 Å². The van der Waals surface area contributed by atoms with Crippen molar-refractivity contribution in [3.8, 4) is 11.4 Å². The van der Waals surface area contributed by atoms with Crippen LogP contribution < -0.4 is 0 Å². The van der Waals surface area contributed by atoms with Crippen molar-refractivity contribution >= 4 is 6.09 Å². The molecule has 8 nitrogen and oxygen atoms in total. The van der Waals surface area contributed by atoms with E-state index >= 15 is 0 Å². The van der Waals surface area contributed by atoms with E-state index in [1.54, 1.807) is 17.3 Å². The maximum atomic E-state index is 12.4. The molecule has 0 radical (unpaired) electrons. The Balaban J connectivity index is 1.19. The lowest BCUT2D eigenvalue weighted by Gasteiger charge is -2.32. The van der Waals surface area contributed by atoms with E-state index < -0.39 is 0 Å². The van der Waals surface area contributed by atoms with Crippen molar-refractivity contribution in [1.29, 1.82) is 0 Å². The van der Waals surface area contributed by atoms with Gasteiger partial charge in [-0.3, -0.25) is 4.98 Å². The highest BCUT2D eigenvalue weighted by atomic mass is 16.6. The quantitative estimate of drug-likeness (QED) is 0.701. The molecule has 0 unspecified atom stereocenters. The Bertz CT molecular complexity index is 766. The van der Waals surface area contributed by atoms with Gasteiger partial charge in [0.2, 0.25) is 5.82 Å². The molecule has 29 heavy (non-hydrogen) atoms. The Morgan fingerprint density at radius 2 is 1.76 bits per heavy atom. The lowest BCUT2D eigenvalue weighted by Crippen LogP contribution is -2.42. The van der Waals surface area contributed by atoms with Crippen LogP contribution in [0.15, 0.2) is 29.0 Å². The molecule has 8 heteroatoms. The highest BCUT2D eigenvalue weighted by Gasteiger charge is 2.27. The Labute approximate surface area is 170 Å². The predicted molar refractivity (Wildman–Crippen MR) is 105 cm³/mol. The van der Waals surface area contributed by atoms with Gasteiger partial charge in [-0.2, -0.15) is 4.98 Å². The number of likely N-dealkylation sites (tertiary alicyclic amines) is 1. The van der Waals surface area contributed by atoms with Crippen LogP contribution >= 0.6 is 0 Å². The molecule has 3 heterocycles. The number of amides is 1. The molecule has 4 rings (SSSR count). The second-order valence-corrected chi connectivity index (χ2v) is 7.74. The molecular weight excluding hydrogens is 372 g/mol. The molecule has 1 saturated carbocycles. The molecule has 0 N–H and O–H groups in total. The third-order valence-corrected chi connectivity index (χ3v) is 5.62. The fraction of sp³-hybridized carbons (Fsp3) is 0.619. The number of hydrogen-bond acceptors (Lipinski definition) is 7. The first-order valence-corrected chi connectivity index (χ1v) is 10.6. The first-order chi connectivity index (χ1) is 14.3. The van der Waals surface area contributed by atoms with Gasteiger partial charge in [0.1, 0.15) is 12.7 Å². The Kier molecular flexibility index (Phi) is 6.71. The van der Waals surface area contributed by atoms with E-state index in [4.69, 9.17) is 14.0 Å². The molecule has 1 aliphatic heterocycles.